The first-order valence-electron chi connectivity index (χ1n) is 8.80. The van der Waals surface area contributed by atoms with Gasteiger partial charge in [-0.25, -0.2) is 0 Å². The fourth-order valence-electron chi connectivity index (χ4n) is 4.03. The van der Waals surface area contributed by atoms with E-state index in [2.05, 4.69) is 10.6 Å². The van der Waals surface area contributed by atoms with Crippen molar-refractivity contribution < 1.29 is 19.5 Å². The van der Waals surface area contributed by atoms with Crippen LogP contribution in [0.25, 0.3) is 0 Å². The number of benzene rings is 1. The van der Waals surface area contributed by atoms with Gasteiger partial charge in [-0.3, -0.25) is 14.4 Å². The standard InChI is InChI=1S/C20H17ClN2O4S/c21-12-3-5-13(6-4-12)22-17(24)14-7-8-28-19(14)23-18(25)15-10-1-2-11(9-10)16(15)20(26)27/h1-8,10-11,15-16H,9H2,(H,22,24)(H,23,25)(H,26,27). The molecule has 1 fully saturated rings. The Morgan fingerprint density at radius 1 is 1.00 bits per heavy atom. The molecule has 2 bridgehead atoms. The summed E-state index contributed by atoms with van der Waals surface area (Å²) >= 11 is 7.08. The molecule has 2 amide bonds. The molecular weight excluding hydrogens is 400 g/mol. The molecule has 2 aliphatic carbocycles. The average Bonchev–Trinajstić information content (AvgIpc) is 3.38. The summed E-state index contributed by atoms with van der Waals surface area (Å²) in [6, 6.07) is 8.33. The van der Waals surface area contributed by atoms with Crippen LogP contribution in [0.15, 0.2) is 47.9 Å². The van der Waals surface area contributed by atoms with E-state index in [0.717, 1.165) is 0 Å². The van der Waals surface area contributed by atoms with Gasteiger partial charge in [-0.15, -0.1) is 11.3 Å². The van der Waals surface area contributed by atoms with Gasteiger partial charge in [0.05, 0.1) is 17.4 Å². The molecule has 3 N–H and O–H groups in total. The van der Waals surface area contributed by atoms with Crippen molar-refractivity contribution in [3.63, 3.8) is 0 Å². The maximum absolute atomic E-state index is 12.8. The first kappa shape index (κ1) is 18.7. The number of thiophene rings is 1. The lowest BCUT2D eigenvalue weighted by Gasteiger charge is -2.23. The zero-order valence-electron chi connectivity index (χ0n) is 14.6. The number of carbonyl (C=O) groups is 3. The maximum Gasteiger partial charge on any atom is 0.307 e. The van der Waals surface area contributed by atoms with Crippen LogP contribution in [0, 0.1) is 23.7 Å². The minimum Gasteiger partial charge on any atom is -0.481 e. The lowest BCUT2D eigenvalue weighted by molar-refractivity contribution is -0.146. The molecule has 0 radical (unpaired) electrons. The molecular formula is C20H17ClN2O4S. The Morgan fingerprint density at radius 2 is 1.68 bits per heavy atom. The van der Waals surface area contributed by atoms with Gasteiger partial charge in [-0.05, 0) is 54.0 Å². The van der Waals surface area contributed by atoms with E-state index in [1.54, 1.807) is 35.7 Å². The third kappa shape index (κ3) is 3.43. The van der Waals surface area contributed by atoms with Crippen LogP contribution in [0.1, 0.15) is 16.8 Å². The van der Waals surface area contributed by atoms with Crippen LogP contribution in [-0.2, 0) is 9.59 Å². The highest BCUT2D eigenvalue weighted by Gasteiger charge is 2.51. The Balaban J connectivity index is 1.49. The lowest BCUT2D eigenvalue weighted by atomic mass is 9.82. The van der Waals surface area contributed by atoms with Crippen molar-refractivity contribution in [2.45, 2.75) is 6.42 Å². The topological polar surface area (TPSA) is 95.5 Å². The third-order valence-corrected chi connectivity index (χ3v) is 6.38. The highest BCUT2D eigenvalue weighted by Crippen LogP contribution is 2.48. The Morgan fingerprint density at radius 3 is 2.36 bits per heavy atom. The predicted octanol–water partition coefficient (Wildman–Crippen LogP) is 4.12. The second-order valence-corrected chi connectivity index (χ2v) is 8.30. The summed E-state index contributed by atoms with van der Waals surface area (Å²) in [4.78, 5) is 37.1. The minimum atomic E-state index is -0.955. The van der Waals surface area contributed by atoms with Gasteiger partial charge in [0.1, 0.15) is 5.00 Å². The van der Waals surface area contributed by atoms with E-state index >= 15 is 0 Å². The average molecular weight is 417 g/mol. The lowest BCUT2D eigenvalue weighted by Crippen LogP contribution is -2.36. The Hall–Kier alpha value is -2.64. The third-order valence-electron chi connectivity index (χ3n) is 5.30. The molecule has 144 valence electrons. The van der Waals surface area contributed by atoms with E-state index in [1.807, 2.05) is 12.2 Å². The van der Waals surface area contributed by atoms with Crippen LogP contribution in [0.4, 0.5) is 10.7 Å². The number of fused-ring (bicyclic) bond motifs is 2. The molecule has 4 unspecified atom stereocenters. The van der Waals surface area contributed by atoms with Gasteiger partial charge in [-0.2, -0.15) is 0 Å². The van der Waals surface area contributed by atoms with E-state index in [0.29, 0.717) is 27.7 Å². The van der Waals surface area contributed by atoms with Crippen LogP contribution in [0.2, 0.25) is 5.02 Å². The van der Waals surface area contributed by atoms with Gasteiger partial charge in [-0.1, -0.05) is 23.8 Å². The van der Waals surface area contributed by atoms with Crippen LogP contribution in [0.3, 0.4) is 0 Å². The summed E-state index contributed by atoms with van der Waals surface area (Å²) in [5.41, 5.74) is 0.918. The smallest absolute Gasteiger partial charge is 0.307 e. The van der Waals surface area contributed by atoms with Crippen LogP contribution >= 0.6 is 22.9 Å². The highest BCUT2D eigenvalue weighted by molar-refractivity contribution is 7.14. The monoisotopic (exact) mass is 416 g/mol. The second-order valence-electron chi connectivity index (χ2n) is 6.95. The zero-order chi connectivity index (χ0) is 19.8. The van der Waals surface area contributed by atoms with Crippen molar-refractivity contribution in [2.24, 2.45) is 23.7 Å². The number of rotatable bonds is 5. The van der Waals surface area contributed by atoms with E-state index < -0.39 is 17.8 Å². The number of carboxylic acids is 1. The molecule has 0 spiro atoms. The number of carboxylic acid groups (broad SMARTS) is 1. The van der Waals surface area contributed by atoms with Gasteiger partial charge in [0, 0.05) is 10.7 Å². The molecule has 0 saturated heterocycles. The van der Waals surface area contributed by atoms with Crippen molar-refractivity contribution in [2.75, 3.05) is 10.6 Å². The van der Waals surface area contributed by atoms with Crippen LogP contribution in [0.5, 0.6) is 0 Å². The van der Waals surface area contributed by atoms with E-state index in [1.165, 1.54) is 11.3 Å². The number of amides is 2. The number of nitrogens with one attached hydrogen (secondary N) is 2. The summed E-state index contributed by atoms with van der Waals surface area (Å²) in [6.45, 7) is 0. The largest absolute Gasteiger partial charge is 0.481 e. The minimum absolute atomic E-state index is 0.0718. The zero-order valence-corrected chi connectivity index (χ0v) is 16.2. The van der Waals surface area contributed by atoms with Gasteiger partial charge < -0.3 is 15.7 Å². The first-order chi connectivity index (χ1) is 13.4. The molecule has 0 aliphatic heterocycles. The van der Waals surface area contributed by atoms with Crippen molar-refractivity contribution in [1.82, 2.24) is 0 Å². The summed E-state index contributed by atoms with van der Waals surface area (Å²) in [5.74, 6) is -3.19. The molecule has 2 aliphatic rings. The predicted molar refractivity (Wildman–Crippen MR) is 108 cm³/mol. The second kappa shape index (κ2) is 7.41. The summed E-state index contributed by atoms with van der Waals surface area (Å²) < 4.78 is 0. The normalized spacial score (nSPS) is 24.9. The molecule has 4 atom stereocenters. The van der Waals surface area contributed by atoms with E-state index in [-0.39, 0.29) is 23.7 Å². The number of carbonyl (C=O) groups excluding carboxylic acids is 2. The molecule has 1 heterocycles. The Labute approximate surface area is 170 Å². The molecule has 1 aromatic heterocycles. The van der Waals surface area contributed by atoms with E-state index in [4.69, 9.17) is 11.6 Å². The Bertz CT molecular complexity index is 969. The fourth-order valence-corrected chi connectivity index (χ4v) is 4.94. The fraction of sp³-hybridized carbons (Fsp3) is 0.250. The number of allylic oxidation sites excluding steroid dienone is 2. The van der Waals surface area contributed by atoms with Gasteiger partial charge in [0.15, 0.2) is 0 Å². The Kier molecular flexibility index (Phi) is 4.95. The van der Waals surface area contributed by atoms with Crippen molar-refractivity contribution in [3.05, 3.63) is 58.5 Å². The number of anilines is 2. The summed E-state index contributed by atoms with van der Waals surface area (Å²) in [7, 11) is 0. The van der Waals surface area contributed by atoms with Gasteiger partial charge in [0.2, 0.25) is 5.91 Å². The van der Waals surface area contributed by atoms with E-state index in [9.17, 15) is 19.5 Å². The molecule has 6 nitrogen and oxygen atoms in total. The molecule has 2 aromatic rings. The molecule has 1 saturated carbocycles. The number of hydrogen-bond acceptors (Lipinski definition) is 4. The van der Waals surface area contributed by atoms with Crippen LogP contribution in [-0.4, -0.2) is 22.9 Å². The van der Waals surface area contributed by atoms with Gasteiger partial charge in [0.25, 0.3) is 5.91 Å². The van der Waals surface area contributed by atoms with Crippen molar-refractivity contribution >= 4 is 51.4 Å². The maximum atomic E-state index is 12.8. The first-order valence-corrected chi connectivity index (χ1v) is 10.1. The van der Waals surface area contributed by atoms with Crippen LogP contribution < -0.4 is 10.6 Å². The quantitative estimate of drug-likeness (QED) is 0.639. The highest BCUT2D eigenvalue weighted by atomic mass is 35.5. The number of hydrogen-bond donors (Lipinski definition) is 3. The summed E-state index contributed by atoms with van der Waals surface area (Å²) in [5, 5.41) is 17.7. The molecule has 1 aromatic carbocycles. The molecule has 4 rings (SSSR count). The molecule has 28 heavy (non-hydrogen) atoms. The van der Waals surface area contributed by atoms with Crippen molar-refractivity contribution in [3.8, 4) is 0 Å². The molecule has 8 heteroatoms. The number of aliphatic carboxylic acids is 1. The SMILES string of the molecule is O=C(Nc1ccc(Cl)cc1)c1ccsc1NC(=O)C1C2C=CC(C2)C1C(=O)O. The summed E-state index contributed by atoms with van der Waals surface area (Å²) in [6.07, 6.45) is 4.50. The van der Waals surface area contributed by atoms with Crippen molar-refractivity contribution in [1.29, 1.82) is 0 Å². The van der Waals surface area contributed by atoms with Gasteiger partial charge >= 0.3 is 5.97 Å². The number of halogens is 1.